The second-order valence-corrected chi connectivity index (χ2v) is 5.28. The minimum Gasteiger partial charge on any atom is -0.202 e. The Morgan fingerprint density at radius 3 is 2.25 bits per heavy atom. The van der Waals surface area contributed by atoms with E-state index < -0.39 is 5.92 Å². The highest BCUT2D eigenvalue weighted by atomic mass is 19.3. The normalized spacial score (nSPS) is 12.9. The van der Waals surface area contributed by atoms with Gasteiger partial charge in [0.05, 0.1) is 0 Å². The average molecular weight is 226 g/mol. The zero-order valence-corrected chi connectivity index (χ0v) is 10.5. The van der Waals surface area contributed by atoms with Gasteiger partial charge in [0.1, 0.15) is 0 Å². The van der Waals surface area contributed by atoms with Gasteiger partial charge >= 0.3 is 0 Å². The van der Waals surface area contributed by atoms with Crippen molar-refractivity contribution in [3.05, 3.63) is 35.4 Å². The van der Waals surface area contributed by atoms with E-state index in [1.54, 1.807) is 12.1 Å². The smallest absolute Gasteiger partial charge is 0.202 e. The Morgan fingerprint density at radius 2 is 1.75 bits per heavy atom. The van der Waals surface area contributed by atoms with Crippen molar-refractivity contribution in [1.29, 1.82) is 0 Å². The molecule has 0 atom stereocenters. The van der Waals surface area contributed by atoms with Crippen LogP contribution >= 0.6 is 0 Å². The van der Waals surface area contributed by atoms with Crippen molar-refractivity contribution in [2.75, 3.05) is 0 Å². The Labute approximate surface area is 96.7 Å². The second kappa shape index (κ2) is 4.52. The average Bonchev–Trinajstić information content (AvgIpc) is 2.16. The summed E-state index contributed by atoms with van der Waals surface area (Å²) < 4.78 is 26.3. The third-order valence-corrected chi connectivity index (χ3v) is 3.07. The maximum atomic E-state index is 13.1. The maximum absolute atomic E-state index is 13.1. The lowest BCUT2D eigenvalue weighted by Crippen LogP contribution is -2.14. The van der Waals surface area contributed by atoms with E-state index in [2.05, 4.69) is 20.8 Å². The van der Waals surface area contributed by atoms with Crippen molar-refractivity contribution in [3.63, 3.8) is 0 Å². The Balaban J connectivity index is 2.92. The van der Waals surface area contributed by atoms with Gasteiger partial charge in [0, 0.05) is 12.5 Å². The van der Waals surface area contributed by atoms with Crippen LogP contribution in [0.1, 0.15) is 45.2 Å². The first-order chi connectivity index (χ1) is 7.24. The van der Waals surface area contributed by atoms with Crippen LogP contribution in [0.15, 0.2) is 24.3 Å². The number of hydrogen-bond acceptors (Lipinski definition) is 0. The maximum Gasteiger partial charge on any atom is 0.270 e. The van der Waals surface area contributed by atoms with Gasteiger partial charge in [-0.15, -0.1) is 0 Å². The van der Waals surface area contributed by atoms with Crippen LogP contribution in [-0.2, 0) is 12.3 Å². The van der Waals surface area contributed by atoms with Crippen LogP contribution in [0.4, 0.5) is 8.78 Å². The van der Waals surface area contributed by atoms with Crippen LogP contribution in [0, 0.1) is 5.41 Å². The summed E-state index contributed by atoms with van der Waals surface area (Å²) in [7, 11) is 0. The number of hydrogen-bond donors (Lipinski definition) is 0. The molecule has 0 radical (unpaired) electrons. The molecule has 0 nitrogen and oxygen atoms in total. The predicted molar refractivity (Wildman–Crippen MR) is 63.8 cm³/mol. The Morgan fingerprint density at radius 1 is 1.12 bits per heavy atom. The molecule has 16 heavy (non-hydrogen) atoms. The van der Waals surface area contributed by atoms with Crippen molar-refractivity contribution >= 4 is 0 Å². The van der Waals surface area contributed by atoms with Crippen molar-refractivity contribution in [3.8, 4) is 0 Å². The summed E-state index contributed by atoms with van der Waals surface area (Å²) in [6, 6.07) is 6.75. The highest BCUT2D eigenvalue weighted by Gasteiger charge is 2.25. The number of halogens is 2. The standard InChI is InChI=1S/C14H20F2/c1-5-13(2,3)10-11-7-6-8-12(9-11)14(4,15)16/h6-9H,5,10H2,1-4H3. The van der Waals surface area contributed by atoms with Gasteiger partial charge in [-0.1, -0.05) is 45.4 Å². The molecule has 0 spiro atoms. The van der Waals surface area contributed by atoms with E-state index in [1.807, 2.05) is 6.07 Å². The molecule has 0 heterocycles. The van der Waals surface area contributed by atoms with E-state index in [0.717, 1.165) is 25.3 Å². The topological polar surface area (TPSA) is 0 Å². The zero-order valence-electron chi connectivity index (χ0n) is 10.5. The summed E-state index contributed by atoms with van der Waals surface area (Å²) >= 11 is 0. The van der Waals surface area contributed by atoms with Crippen molar-refractivity contribution in [1.82, 2.24) is 0 Å². The first kappa shape index (κ1) is 13.1. The fourth-order valence-corrected chi connectivity index (χ4v) is 1.63. The molecule has 0 fully saturated rings. The molecule has 90 valence electrons. The molecule has 1 rings (SSSR count). The molecule has 0 saturated carbocycles. The molecule has 0 saturated heterocycles. The third kappa shape index (κ3) is 3.58. The van der Waals surface area contributed by atoms with Gasteiger partial charge in [-0.05, 0) is 23.5 Å². The monoisotopic (exact) mass is 226 g/mol. The van der Waals surface area contributed by atoms with E-state index in [9.17, 15) is 8.78 Å². The summed E-state index contributed by atoms with van der Waals surface area (Å²) in [5.41, 5.74) is 1.27. The minimum atomic E-state index is -2.74. The van der Waals surface area contributed by atoms with Crippen LogP contribution < -0.4 is 0 Å². The third-order valence-electron chi connectivity index (χ3n) is 3.07. The highest BCUT2D eigenvalue weighted by Crippen LogP contribution is 2.30. The van der Waals surface area contributed by atoms with E-state index in [4.69, 9.17) is 0 Å². The molecule has 0 unspecified atom stereocenters. The van der Waals surface area contributed by atoms with Crippen molar-refractivity contribution < 1.29 is 8.78 Å². The number of benzene rings is 1. The van der Waals surface area contributed by atoms with Crippen LogP contribution in [0.5, 0.6) is 0 Å². The van der Waals surface area contributed by atoms with E-state index >= 15 is 0 Å². The predicted octanol–water partition coefficient (Wildman–Crippen LogP) is 4.78. The van der Waals surface area contributed by atoms with Gasteiger partial charge in [-0.2, -0.15) is 0 Å². The lowest BCUT2D eigenvalue weighted by molar-refractivity contribution is 0.0173. The van der Waals surface area contributed by atoms with Crippen LogP contribution in [0.2, 0.25) is 0 Å². The van der Waals surface area contributed by atoms with Gasteiger partial charge < -0.3 is 0 Å². The second-order valence-electron chi connectivity index (χ2n) is 5.28. The van der Waals surface area contributed by atoms with Crippen molar-refractivity contribution in [2.24, 2.45) is 5.41 Å². The first-order valence-corrected chi connectivity index (χ1v) is 5.72. The van der Waals surface area contributed by atoms with Gasteiger partial charge in [0.25, 0.3) is 5.92 Å². The largest absolute Gasteiger partial charge is 0.270 e. The molecular formula is C14H20F2. The van der Waals surface area contributed by atoms with Gasteiger partial charge in [-0.3, -0.25) is 0 Å². The zero-order chi connectivity index (χ0) is 12.4. The van der Waals surface area contributed by atoms with E-state index in [1.165, 1.54) is 6.07 Å². The number of alkyl halides is 2. The molecule has 2 heteroatoms. The molecule has 0 aromatic heterocycles. The lowest BCUT2D eigenvalue weighted by atomic mass is 9.83. The summed E-state index contributed by atoms with van der Waals surface area (Å²) in [6.07, 6.45) is 1.88. The van der Waals surface area contributed by atoms with Crippen LogP contribution in [0.25, 0.3) is 0 Å². The molecule has 0 amide bonds. The fourth-order valence-electron chi connectivity index (χ4n) is 1.63. The van der Waals surface area contributed by atoms with E-state index in [0.29, 0.717) is 0 Å². The molecule has 1 aromatic carbocycles. The Bertz CT molecular complexity index is 348. The van der Waals surface area contributed by atoms with Crippen LogP contribution in [0.3, 0.4) is 0 Å². The molecule has 0 aliphatic heterocycles. The lowest BCUT2D eigenvalue weighted by Gasteiger charge is -2.23. The van der Waals surface area contributed by atoms with Gasteiger partial charge in [-0.25, -0.2) is 8.78 Å². The molecular weight excluding hydrogens is 206 g/mol. The SMILES string of the molecule is CCC(C)(C)Cc1cccc(C(C)(F)F)c1. The first-order valence-electron chi connectivity index (χ1n) is 5.72. The number of rotatable bonds is 4. The van der Waals surface area contributed by atoms with Crippen molar-refractivity contribution in [2.45, 2.75) is 46.5 Å². The van der Waals surface area contributed by atoms with Gasteiger partial charge in [0.15, 0.2) is 0 Å². The quantitative estimate of drug-likeness (QED) is 0.693. The molecule has 0 N–H and O–H groups in total. The Hall–Kier alpha value is -0.920. The molecule has 1 aromatic rings. The van der Waals surface area contributed by atoms with Gasteiger partial charge in [0.2, 0.25) is 0 Å². The summed E-state index contributed by atoms with van der Waals surface area (Å²) in [5.74, 6) is -2.74. The molecule has 0 aliphatic rings. The van der Waals surface area contributed by atoms with E-state index in [-0.39, 0.29) is 11.0 Å². The summed E-state index contributed by atoms with van der Waals surface area (Å²) in [6.45, 7) is 7.38. The Kier molecular flexibility index (Phi) is 3.72. The fraction of sp³-hybridized carbons (Fsp3) is 0.571. The summed E-state index contributed by atoms with van der Waals surface area (Å²) in [5, 5.41) is 0. The molecule has 0 aliphatic carbocycles. The summed E-state index contributed by atoms with van der Waals surface area (Å²) in [4.78, 5) is 0. The van der Waals surface area contributed by atoms with Crippen LogP contribution in [-0.4, -0.2) is 0 Å². The minimum absolute atomic E-state index is 0.108. The highest BCUT2D eigenvalue weighted by molar-refractivity contribution is 5.27. The molecule has 0 bridgehead atoms.